The van der Waals surface area contributed by atoms with Crippen LogP contribution in [0.4, 0.5) is 14.6 Å². The number of ether oxygens (including phenoxy) is 1. The first-order chi connectivity index (χ1) is 17.0. The molecule has 1 aromatic carbocycles. The second kappa shape index (κ2) is 9.87. The van der Waals surface area contributed by atoms with Crippen molar-refractivity contribution in [1.29, 1.82) is 0 Å². The Balaban J connectivity index is 1.36. The molecule has 4 heterocycles. The van der Waals surface area contributed by atoms with E-state index in [9.17, 15) is 13.6 Å². The van der Waals surface area contributed by atoms with Gasteiger partial charge in [-0.15, -0.1) is 5.10 Å². The molecule has 35 heavy (non-hydrogen) atoms. The molecule has 2 N–H and O–H groups in total. The summed E-state index contributed by atoms with van der Waals surface area (Å²) in [5.41, 5.74) is 8.19. The number of nitrogen functional groups attached to an aromatic ring is 1. The molecule has 0 unspecified atom stereocenters. The van der Waals surface area contributed by atoms with E-state index >= 15 is 0 Å². The van der Waals surface area contributed by atoms with Gasteiger partial charge in [-0.2, -0.15) is 4.68 Å². The van der Waals surface area contributed by atoms with Crippen LogP contribution in [0.3, 0.4) is 0 Å². The lowest BCUT2D eigenvalue weighted by molar-refractivity contribution is -0.132. The minimum absolute atomic E-state index is 0.134. The molecule has 0 saturated carbocycles. The lowest BCUT2D eigenvalue weighted by Gasteiger charge is -2.29. The second-order valence-electron chi connectivity index (χ2n) is 8.72. The highest BCUT2D eigenvalue weighted by Crippen LogP contribution is 2.31. The van der Waals surface area contributed by atoms with Gasteiger partial charge in [-0.3, -0.25) is 4.79 Å². The molecule has 0 bridgehead atoms. The molecule has 2 aliphatic heterocycles. The van der Waals surface area contributed by atoms with Crippen LogP contribution in [0, 0.1) is 17.6 Å². The Morgan fingerprint density at radius 3 is 2.83 bits per heavy atom. The Kier molecular flexibility index (Phi) is 6.49. The molecule has 11 heteroatoms. The van der Waals surface area contributed by atoms with Crippen LogP contribution in [0.1, 0.15) is 31.2 Å². The van der Waals surface area contributed by atoms with Crippen LogP contribution >= 0.6 is 0 Å². The van der Waals surface area contributed by atoms with Crippen molar-refractivity contribution in [2.24, 2.45) is 5.92 Å². The average molecular weight is 482 g/mol. The number of halogens is 2. The van der Waals surface area contributed by atoms with Crippen molar-refractivity contribution < 1.29 is 18.3 Å². The molecule has 0 aliphatic carbocycles. The predicted molar refractivity (Wildman–Crippen MR) is 124 cm³/mol. The summed E-state index contributed by atoms with van der Waals surface area (Å²) in [6.45, 7) is 2.58. The maximum absolute atomic E-state index is 14.4. The van der Waals surface area contributed by atoms with Crippen molar-refractivity contribution >= 4 is 17.3 Å². The van der Waals surface area contributed by atoms with Gasteiger partial charge in [0.05, 0.1) is 5.56 Å². The summed E-state index contributed by atoms with van der Waals surface area (Å²) >= 11 is 0. The van der Waals surface area contributed by atoms with E-state index < -0.39 is 11.6 Å². The largest absolute Gasteiger partial charge is 0.383 e. The van der Waals surface area contributed by atoms with Gasteiger partial charge < -0.3 is 15.4 Å². The van der Waals surface area contributed by atoms with E-state index in [1.54, 1.807) is 12.3 Å². The van der Waals surface area contributed by atoms with Crippen molar-refractivity contribution in [3.8, 4) is 17.1 Å². The van der Waals surface area contributed by atoms with Gasteiger partial charge in [0, 0.05) is 38.9 Å². The van der Waals surface area contributed by atoms with Crippen molar-refractivity contribution in [1.82, 2.24) is 30.1 Å². The van der Waals surface area contributed by atoms with Gasteiger partial charge in [-0.25, -0.2) is 13.8 Å². The van der Waals surface area contributed by atoms with Crippen molar-refractivity contribution in [2.75, 3.05) is 32.0 Å². The smallest absolute Gasteiger partial charge is 0.223 e. The summed E-state index contributed by atoms with van der Waals surface area (Å²) in [5, 5.41) is 11.4. The van der Waals surface area contributed by atoms with Gasteiger partial charge in [0.1, 0.15) is 11.5 Å². The van der Waals surface area contributed by atoms with Gasteiger partial charge in [-0.1, -0.05) is 12.1 Å². The molecule has 9 nitrogen and oxygen atoms in total. The number of aromatic nitrogens is 5. The zero-order chi connectivity index (χ0) is 24.4. The van der Waals surface area contributed by atoms with E-state index in [-0.39, 0.29) is 23.2 Å². The normalized spacial score (nSPS) is 16.9. The first-order valence-corrected chi connectivity index (χ1v) is 11.5. The first kappa shape index (κ1) is 23.0. The fourth-order valence-corrected chi connectivity index (χ4v) is 4.49. The maximum Gasteiger partial charge on any atom is 0.223 e. The molecule has 5 rings (SSSR count). The number of pyridine rings is 1. The monoisotopic (exact) mass is 481 g/mol. The molecule has 0 spiro atoms. The maximum atomic E-state index is 14.4. The Morgan fingerprint density at radius 2 is 2.06 bits per heavy atom. The van der Waals surface area contributed by atoms with Crippen molar-refractivity contribution in [3.63, 3.8) is 0 Å². The van der Waals surface area contributed by atoms with Gasteiger partial charge in [-0.05, 0) is 64.9 Å². The van der Waals surface area contributed by atoms with E-state index in [1.165, 1.54) is 12.1 Å². The molecule has 1 saturated heterocycles. The zero-order valence-corrected chi connectivity index (χ0v) is 19.0. The quantitative estimate of drug-likeness (QED) is 0.596. The van der Waals surface area contributed by atoms with Gasteiger partial charge >= 0.3 is 0 Å². The Hall–Kier alpha value is -3.73. The third kappa shape index (κ3) is 4.76. The van der Waals surface area contributed by atoms with Crippen LogP contribution in [0.15, 0.2) is 36.5 Å². The predicted octanol–water partition coefficient (Wildman–Crippen LogP) is 3.02. The highest BCUT2D eigenvalue weighted by atomic mass is 19.2. The van der Waals surface area contributed by atoms with E-state index in [0.717, 1.165) is 47.9 Å². The third-order valence-electron chi connectivity index (χ3n) is 6.53. The summed E-state index contributed by atoms with van der Waals surface area (Å²) in [6.07, 6.45) is 6.74. The fraction of sp³-hybridized carbons (Fsp3) is 0.375. The van der Waals surface area contributed by atoms with Gasteiger partial charge in [0.25, 0.3) is 0 Å². The standard InChI is InChI=1S/C24H25F2N7O2/c25-19-2-1-3-20(22(19)26)33-24(29-30-31-33)18-13-17(14-28-23(18)27)16-4-8-32(9-5-16)21(34)12-15-6-10-35-11-7-15/h1-4,13-15H,5-12H2,(H2,27,28). The summed E-state index contributed by atoms with van der Waals surface area (Å²) in [7, 11) is 0. The number of nitrogens with zero attached hydrogens (tertiary/aromatic N) is 6. The summed E-state index contributed by atoms with van der Waals surface area (Å²) in [5.74, 6) is -1.22. The third-order valence-corrected chi connectivity index (χ3v) is 6.53. The van der Waals surface area contributed by atoms with Crippen molar-refractivity contribution in [3.05, 3.63) is 53.7 Å². The van der Waals surface area contributed by atoms with Crippen LogP contribution in [0.5, 0.6) is 0 Å². The van der Waals surface area contributed by atoms with E-state index in [1.807, 2.05) is 11.0 Å². The van der Waals surface area contributed by atoms with E-state index in [0.29, 0.717) is 37.4 Å². The molecule has 1 amide bonds. The molecular formula is C24H25F2N7O2. The molecular weight excluding hydrogens is 456 g/mol. The number of benzene rings is 1. The molecule has 2 aliphatic rings. The lowest BCUT2D eigenvalue weighted by Crippen LogP contribution is -2.36. The Bertz CT molecular complexity index is 1270. The minimum Gasteiger partial charge on any atom is -0.383 e. The number of carbonyl (C=O) groups excluding carboxylic acids is 1. The summed E-state index contributed by atoms with van der Waals surface area (Å²) in [4.78, 5) is 18.9. The number of anilines is 1. The number of nitrogens with two attached hydrogens (primary N) is 1. The Labute approximate surface area is 200 Å². The highest BCUT2D eigenvalue weighted by Gasteiger charge is 2.24. The molecule has 2 aromatic heterocycles. The average Bonchev–Trinajstić information content (AvgIpc) is 3.36. The molecule has 1 fully saturated rings. The lowest BCUT2D eigenvalue weighted by atomic mass is 9.95. The molecule has 0 radical (unpaired) electrons. The van der Waals surface area contributed by atoms with Crippen LogP contribution in [0.25, 0.3) is 22.6 Å². The molecule has 3 aromatic rings. The van der Waals surface area contributed by atoms with Crippen LogP contribution < -0.4 is 5.73 Å². The zero-order valence-electron chi connectivity index (χ0n) is 19.0. The topological polar surface area (TPSA) is 112 Å². The summed E-state index contributed by atoms with van der Waals surface area (Å²) in [6, 6.07) is 5.56. The number of hydrogen-bond donors (Lipinski definition) is 1. The van der Waals surface area contributed by atoms with E-state index in [4.69, 9.17) is 10.5 Å². The van der Waals surface area contributed by atoms with Crippen LogP contribution in [0.2, 0.25) is 0 Å². The number of hydrogen-bond acceptors (Lipinski definition) is 7. The number of tetrazole rings is 1. The first-order valence-electron chi connectivity index (χ1n) is 11.5. The van der Waals surface area contributed by atoms with Gasteiger partial charge in [0.2, 0.25) is 5.91 Å². The van der Waals surface area contributed by atoms with Crippen molar-refractivity contribution in [2.45, 2.75) is 25.7 Å². The number of rotatable bonds is 5. The Morgan fingerprint density at radius 1 is 1.23 bits per heavy atom. The highest BCUT2D eigenvalue weighted by molar-refractivity contribution is 5.80. The molecule has 182 valence electrons. The number of amides is 1. The van der Waals surface area contributed by atoms with Crippen LogP contribution in [-0.2, 0) is 9.53 Å². The summed E-state index contributed by atoms with van der Waals surface area (Å²) < 4.78 is 34.7. The van der Waals surface area contributed by atoms with E-state index in [2.05, 4.69) is 20.5 Å². The minimum atomic E-state index is -1.07. The fourth-order valence-electron chi connectivity index (χ4n) is 4.49. The number of carbonyl (C=O) groups is 1. The molecule has 0 atom stereocenters. The van der Waals surface area contributed by atoms with Gasteiger partial charge in [0.15, 0.2) is 17.5 Å². The second-order valence-corrected chi connectivity index (χ2v) is 8.72. The SMILES string of the molecule is Nc1ncc(C2=CCN(C(=O)CC3CCOCC3)CC2)cc1-c1nnnn1-c1cccc(F)c1F. The van der Waals surface area contributed by atoms with Crippen LogP contribution in [-0.4, -0.2) is 62.3 Å².